The van der Waals surface area contributed by atoms with Gasteiger partial charge in [-0.2, -0.15) is 0 Å². The summed E-state index contributed by atoms with van der Waals surface area (Å²) in [7, 11) is 0. The SMILES string of the molecule is Cc1ccc(NC(=O)CSCC(=O)NCCN2CCNCC2)cc1. The first-order valence-corrected chi connectivity index (χ1v) is 9.43. The van der Waals surface area contributed by atoms with Gasteiger partial charge in [0.15, 0.2) is 0 Å². The number of piperazine rings is 1. The van der Waals surface area contributed by atoms with Gasteiger partial charge in [0.2, 0.25) is 11.8 Å². The fourth-order valence-electron chi connectivity index (χ4n) is 2.41. The molecule has 1 saturated heterocycles. The van der Waals surface area contributed by atoms with Crippen LogP contribution < -0.4 is 16.0 Å². The summed E-state index contributed by atoms with van der Waals surface area (Å²) in [4.78, 5) is 25.9. The van der Waals surface area contributed by atoms with Gasteiger partial charge >= 0.3 is 0 Å². The van der Waals surface area contributed by atoms with Crippen LogP contribution in [0.25, 0.3) is 0 Å². The number of thioether (sulfide) groups is 1. The van der Waals surface area contributed by atoms with Crippen LogP contribution in [0.5, 0.6) is 0 Å². The first-order chi connectivity index (χ1) is 11.6. The Morgan fingerprint density at radius 1 is 1.12 bits per heavy atom. The number of hydrogen-bond acceptors (Lipinski definition) is 5. The van der Waals surface area contributed by atoms with E-state index in [2.05, 4.69) is 20.9 Å². The second-order valence-corrected chi connectivity index (χ2v) is 6.83. The van der Waals surface area contributed by atoms with Crippen molar-refractivity contribution in [3.8, 4) is 0 Å². The van der Waals surface area contributed by atoms with Gasteiger partial charge in [-0.3, -0.25) is 14.5 Å². The Morgan fingerprint density at radius 3 is 2.50 bits per heavy atom. The van der Waals surface area contributed by atoms with Gasteiger partial charge in [0.25, 0.3) is 0 Å². The minimum absolute atomic E-state index is 0.0155. The van der Waals surface area contributed by atoms with Crippen molar-refractivity contribution >= 4 is 29.3 Å². The van der Waals surface area contributed by atoms with Crippen molar-refractivity contribution in [2.75, 3.05) is 56.1 Å². The lowest BCUT2D eigenvalue weighted by molar-refractivity contribution is -0.118. The van der Waals surface area contributed by atoms with Gasteiger partial charge in [-0.25, -0.2) is 0 Å². The zero-order chi connectivity index (χ0) is 17.2. The fourth-order valence-corrected chi connectivity index (χ4v) is 3.06. The van der Waals surface area contributed by atoms with E-state index >= 15 is 0 Å². The molecule has 1 heterocycles. The standard InChI is InChI=1S/C17H26N4O2S/c1-14-2-4-15(5-3-14)20-17(23)13-24-12-16(22)19-8-11-21-9-6-18-7-10-21/h2-5,18H,6-13H2,1H3,(H,19,22)(H,20,23). The highest BCUT2D eigenvalue weighted by Crippen LogP contribution is 2.09. The van der Waals surface area contributed by atoms with Gasteiger partial charge in [0.1, 0.15) is 0 Å². The summed E-state index contributed by atoms with van der Waals surface area (Å²) in [5, 5.41) is 9.03. The van der Waals surface area contributed by atoms with Crippen LogP contribution in [0.15, 0.2) is 24.3 Å². The van der Waals surface area contributed by atoms with Crippen LogP contribution in [0.2, 0.25) is 0 Å². The summed E-state index contributed by atoms with van der Waals surface area (Å²) in [5.74, 6) is 0.484. The van der Waals surface area contributed by atoms with E-state index in [0.29, 0.717) is 12.3 Å². The summed E-state index contributed by atoms with van der Waals surface area (Å²) in [6, 6.07) is 7.66. The van der Waals surface area contributed by atoms with Crippen molar-refractivity contribution < 1.29 is 9.59 Å². The highest BCUT2D eigenvalue weighted by molar-refractivity contribution is 8.00. The molecule has 0 bridgehead atoms. The molecule has 1 aromatic rings. The van der Waals surface area contributed by atoms with Crippen LogP contribution in [0, 0.1) is 6.92 Å². The van der Waals surface area contributed by atoms with Crippen molar-refractivity contribution in [3.05, 3.63) is 29.8 Å². The number of carbonyl (C=O) groups excluding carboxylic acids is 2. The summed E-state index contributed by atoms with van der Waals surface area (Å²) < 4.78 is 0. The Kier molecular flexibility index (Phi) is 8.07. The number of nitrogens with zero attached hydrogens (tertiary/aromatic N) is 1. The van der Waals surface area contributed by atoms with Crippen molar-refractivity contribution in [3.63, 3.8) is 0 Å². The number of benzene rings is 1. The van der Waals surface area contributed by atoms with Crippen molar-refractivity contribution in [1.82, 2.24) is 15.5 Å². The molecule has 6 nitrogen and oxygen atoms in total. The monoisotopic (exact) mass is 350 g/mol. The van der Waals surface area contributed by atoms with E-state index in [1.54, 1.807) is 0 Å². The largest absolute Gasteiger partial charge is 0.354 e. The molecule has 2 rings (SSSR count). The lowest BCUT2D eigenvalue weighted by atomic mass is 10.2. The van der Waals surface area contributed by atoms with Crippen LogP contribution in [0.3, 0.4) is 0 Å². The van der Waals surface area contributed by atoms with E-state index in [-0.39, 0.29) is 17.6 Å². The van der Waals surface area contributed by atoms with Gasteiger partial charge in [0, 0.05) is 45.0 Å². The molecule has 7 heteroatoms. The third-order valence-electron chi connectivity index (χ3n) is 3.76. The molecule has 132 valence electrons. The Balaban J connectivity index is 1.53. The lowest BCUT2D eigenvalue weighted by Crippen LogP contribution is -2.46. The predicted octanol–water partition coefficient (Wildman–Crippen LogP) is 0.688. The average Bonchev–Trinajstić information content (AvgIpc) is 2.58. The first-order valence-electron chi connectivity index (χ1n) is 8.27. The maximum Gasteiger partial charge on any atom is 0.234 e. The zero-order valence-corrected chi connectivity index (χ0v) is 15.0. The van der Waals surface area contributed by atoms with Crippen molar-refractivity contribution in [2.24, 2.45) is 0 Å². The summed E-state index contributed by atoms with van der Waals surface area (Å²) in [6.45, 7) is 7.64. The average molecular weight is 350 g/mol. The van der Waals surface area contributed by atoms with E-state index < -0.39 is 0 Å². The third kappa shape index (κ3) is 7.33. The number of aryl methyl sites for hydroxylation is 1. The second kappa shape index (κ2) is 10.3. The molecule has 0 aromatic heterocycles. The van der Waals surface area contributed by atoms with Crippen molar-refractivity contribution in [2.45, 2.75) is 6.92 Å². The quantitative estimate of drug-likeness (QED) is 0.643. The molecule has 1 aromatic carbocycles. The van der Waals surface area contributed by atoms with E-state index in [1.807, 2.05) is 31.2 Å². The highest BCUT2D eigenvalue weighted by Gasteiger charge is 2.10. The highest BCUT2D eigenvalue weighted by atomic mass is 32.2. The Labute approximate surface area is 147 Å². The molecule has 1 aliphatic heterocycles. The third-order valence-corrected chi connectivity index (χ3v) is 4.69. The molecule has 3 N–H and O–H groups in total. The van der Waals surface area contributed by atoms with Crippen LogP contribution in [-0.2, 0) is 9.59 Å². The molecule has 24 heavy (non-hydrogen) atoms. The fraction of sp³-hybridized carbons (Fsp3) is 0.529. The Hall–Kier alpha value is -1.57. The maximum atomic E-state index is 11.8. The number of rotatable bonds is 8. The van der Waals surface area contributed by atoms with Gasteiger partial charge in [0.05, 0.1) is 11.5 Å². The summed E-state index contributed by atoms with van der Waals surface area (Å²) in [5.41, 5.74) is 1.94. The molecular weight excluding hydrogens is 324 g/mol. The predicted molar refractivity (Wildman–Crippen MR) is 99.5 cm³/mol. The second-order valence-electron chi connectivity index (χ2n) is 5.85. The number of carbonyl (C=O) groups is 2. The molecule has 0 spiro atoms. The van der Waals surface area contributed by atoms with Crippen LogP contribution in [-0.4, -0.2) is 67.5 Å². The van der Waals surface area contributed by atoms with E-state index in [1.165, 1.54) is 11.8 Å². The van der Waals surface area contributed by atoms with Crippen LogP contribution in [0.1, 0.15) is 5.56 Å². The number of nitrogens with one attached hydrogen (secondary N) is 3. The Bertz CT molecular complexity index is 530. The van der Waals surface area contributed by atoms with E-state index in [4.69, 9.17) is 0 Å². The summed E-state index contributed by atoms with van der Waals surface area (Å²) in [6.07, 6.45) is 0. The number of hydrogen-bond donors (Lipinski definition) is 3. The molecule has 2 amide bonds. The molecule has 0 atom stereocenters. The van der Waals surface area contributed by atoms with Gasteiger partial charge in [-0.15, -0.1) is 11.8 Å². The smallest absolute Gasteiger partial charge is 0.234 e. The molecular formula is C17H26N4O2S. The zero-order valence-electron chi connectivity index (χ0n) is 14.1. The van der Waals surface area contributed by atoms with E-state index in [9.17, 15) is 9.59 Å². The van der Waals surface area contributed by atoms with Crippen LogP contribution in [0.4, 0.5) is 5.69 Å². The number of amides is 2. The van der Waals surface area contributed by atoms with Gasteiger partial charge in [-0.05, 0) is 19.1 Å². The molecule has 0 radical (unpaired) electrons. The van der Waals surface area contributed by atoms with E-state index in [0.717, 1.165) is 44.0 Å². The minimum Gasteiger partial charge on any atom is -0.354 e. The number of anilines is 1. The maximum absolute atomic E-state index is 11.8. The summed E-state index contributed by atoms with van der Waals surface area (Å²) >= 11 is 1.33. The van der Waals surface area contributed by atoms with Gasteiger partial charge < -0.3 is 16.0 Å². The Morgan fingerprint density at radius 2 is 1.79 bits per heavy atom. The van der Waals surface area contributed by atoms with Crippen molar-refractivity contribution in [1.29, 1.82) is 0 Å². The molecule has 0 aliphatic carbocycles. The molecule has 0 saturated carbocycles. The lowest BCUT2D eigenvalue weighted by Gasteiger charge is -2.27. The first kappa shape index (κ1) is 18.8. The normalized spacial score (nSPS) is 15.0. The topological polar surface area (TPSA) is 73.5 Å². The molecule has 0 unspecified atom stereocenters. The molecule has 1 aliphatic rings. The molecule has 1 fully saturated rings. The minimum atomic E-state index is -0.0857. The van der Waals surface area contributed by atoms with Crippen LogP contribution >= 0.6 is 11.8 Å². The van der Waals surface area contributed by atoms with Gasteiger partial charge in [-0.1, -0.05) is 17.7 Å².